The Bertz CT molecular complexity index is 479. The highest BCUT2D eigenvalue weighted by Crippen LogP contribution is 2.22. The van der Waals surface area contributed by atoms with Gasteiger partial charge in [-0.15, -0.1) is 0 Å². The van der Waals surface area contributed by atoms with Gasteiger partial charge in [-0.1, -0.05) is 0 Å². The molecule has 1 saturated heterocycles. The van der Waals surface area contributed by atoms with Crippen molar-refractivity contribution in [3.63, 3.8) is 0 Å². The fraction of sp³-hybridized carbons (Fsp3) is 0.462. The topological polar surface area (TPSA) is 75.8 Å². The van der Waals surface area contributed by atoms with Crippen LogP contribution in [0.3, 0.4) is 0 Å². The van der Waals surface area contributed by atoms with Crippen LogP contribution in [-0.2, 0) is 4.74 Å². The van der Waals surface area contributed by atoms with Crippen molar-refractivity contribution >= 4 is 28.5 Å². The molecular formula is C13H17IN2O3. The third kappa shape index (κ3) is 3.37. The molecule has 2 unspecified atom stereocenters. The number of halogens is 1. The van der Waals surface area contributed by atoms with Crippen LogP contribution in [0.15, 0.2) is 18.2 Å². The largest absolute Gasteiger partial charge is 0.507 e. The highest BCUT2D eigenvalue weighted by molar-refractivity contribution is 14.1. The van der Waals surface area contributed by atoms with E-state index >= 15 is 0 Å². The highest BCUT2D eigenvalue weighted by atomic mass is 127. The molecule has 19 heavy (non-hydrogen) atoms. The lowest BCUT2D eigenvalue weighted by Crippen LogP contribution is -2.51. The van der Waals surface area contributed by atoms with E-state index in [1.54, 1.807) is 23.1 Å². The number of rotatable bonds is 2. The van der Waals surface area contributed by atoms with Crippen LogP contribution < -0.4 is 5.73 Å². The lowest BCUT2D eigenvalue weighted by Gasteiger charge is -2.34. The Morgan fingerprint density at radius 1 is 1.63 bits per heavy atom. The van der Waals surface area contributed by atoms with Gasteiger partial charge in [-0.25, -0.2) is 0 Å². The number of nitrogens with zero attached hydrogens (tertiary/aromatic N) is 1. The Morgan fingerprint density at radius 3 is 3.05 bits per heavy atom. The van der Waals surface area contributed by atoms with Gasteiger partial charge in [0.1, 0.15) is 5.75 Å². The zero-order chi connectivity index (χ0) is 14.0. The molecule has 0 aromatic heterocycles. The quantitative estimate of drug-likeness (QED) is 0.761. The molecule has 1 aliphatic rings. The van der Waals surface area contributed by atoms with Crippen molar-refractivity contribution in [2.24, 2.45) is 5.73 Å². The number of carbonyl (C=O) groups excluding carboxylic acids is 1. The molecule has 2 rings (SSSR count). The molecular weight excluding hydrogens is 359 g/mol. The Morgan fingerprint density at radius 2 is 2.37 bits per heavy atom. The fourth-order valence-electron chi connectivity index (χ4n) is 2.03. The van der Waals surface area contributed by atoms with Gasteiger partial charge in [0.05, 0.1) is 18.3 Å². The standard InChI is InChI=1S/C13H17IN2O3/c1-8(15)12-7-16(4-5-19-12)13(18)10-6-9(14)2-3-11(10)17/h2-3,6,8,12,17H,4-5,7,15H2,1H3. The first kappa shape index (κ1) is 14.5. The predicted octanol–water partition coefficient (Wildman–Crippen LogP) is 1.18. The van der Waals surface area contributed by atoms with Gasteiger partial charge >= 0.3 is 0 Å². The lowest BCUT2D eigenvalue weighted by molar-refractivity contribution is -0.0300. The maximum Gasteiger partial charge on any atom is 0.257 e. The van der Waals surface area contributed by atoms with E-state index in [9.17, 15) is 9.90 Å². The summed E-state index contributed by atoms with van der Waals surface area (Å²) in [6, 6.07) is 4.86. The van der Waals surface area contributed by atoms with Crippen molar-refractivity contribution in [2.75, 3.05) is 19.7 Å². The summed E-state index contributed by atoms with van der Waals surface area (Å²) in [5, 5.41) is 9.80. The monoisotopic (exact) mass is 376 g/mol. The molecule has 1 fully saturated rings. The van der Waals surface area contributed by atoms with E-state index < -0.39 is 0 Å². The molecule has 6 heteroatoms. The van der Waals surface area contributed by atoms with Gasteiger partial charge in [-0.3, -0.25) is 4.79 Å². The molecule has 0 aliphatic carbocycles. The number of carbonyl (C=O) groups is 1. The number of amides is 1. The number of nitrogens with two attached hydrogens (primary N) is 1. The normalized spacial score (nSPS) is 21.2. The van der Waals surface area contributed by atoms with Crippen LogP contribution in [-0.4, -0.2) is 47.8 Å². The summed E-state index contributed by atoms with van der Waals surface area (Å²) in [4.78, 5) is 14.1. The molecule has 5 nitrogen and oxygen atoms in total. The average molecular weight is 376 g/mol. The second-order valence-corrected chi connectivity index (χ2v) is 5.93. The van der Waals surface area contributed by atoms with Crippen LogP contribution in [0, 0.1) is 3.57 Å². The number of phenolic OH excluding ortho intramolecular Hbond substituents is 1. The zero-order valence-electron chi connectivity index (χ0n) is 10.7. The van der Waals surface area contributed by atoms with E-state index in [1.165, 1.54) is 0 Å². The summed E-state index contributed by atoms with van der Waals surface area (Å²) in [7, 11) is 0. The van der Waals surface area contributed by atoms with Crippen molar-refractivity contribution < 1.29 is 14.6 Å². The van der Waals surface area contributed by atoms with Gasteiger partial charge in [0.15, 0.2) is 0 Å². The number of hydrogen-bond donors (Lipinski definition) is 2. The molecule has 0 bridgehead atoms. The van der Waals surface area contributed by atoms with Crippen LogP contribution in [0.1, 0.15) is 17.3 Å². The molecule has 2 atom stereocenters. The second-order valence-electron chi connectivity index (χ2n) is 4.68. The molecule has 0 saturated carbocycles. The van der Waals surface area contributed by atoms with E-state index in [0.29, 0.717) is 25.3 Å². The molecule has 1 aromatic carbocycles. The van der Waals surface area contributed by atoms with E-state index in [2.05, 4.69) is 22.6 Å². The van der Waals surface area contributed by atoms with E-state index in [0.717, 1.165) is 3.57 Å². The van der Waals surface area contributed by atoms with Crippen molar-refractivity contribution in [2.45, 2.75) is 19.1 Å². The Balaban J connectivity index is 2.17. The van der Waals surface area contributed by atoms with Crippen LogP contribution in [0.25, 0.3) is 0 Å². The van der Waals surface area contributed by atoms with Crippen molar-refractivity contribution in [1.82, 2.24) is 4.90 Å². The SMILES string of the molecule is CC(N)C1CN(C(=O)c2cc(I)ccc2O)CCO1. The summed E-state index contributed by atoms with van der Waals surface area (Å²) >= 11 is 2.11. The Hall–Kier alpha value is -0.860. The maximum atomic E-state index is 12.4. The smallest absolute Gasteiger partial charge is 0.257 e. The van der Waals surface area contributed by atoms with Crippen LogP contribution >= 0.6 is 22.6 Å². The van der Waals surface area contributed by atoms with E-state index in [-0.39, 0.29) is 23.8 Å². The summed E-state index contributed by atoms with van der Waals surface area (Å²) in [6.45, 7) is 3.32. The highest BCUT2D eigenvalue weighted by Gasteiger charge is 2.28. The van der Waals surface area contributed by atoms with Crippen molar-refractivity contribution in [3.8, 4) is 5.75 Å². The van der Waals surface area contributed by atoms with Gasteiger partial charge in [0.2, 0.25) is 0 Å². The first-order valence-corrected chi connectivity index (χ1v) is 7.22. The van der Waals surface area contributed by atoms with E-state index in [1.807, 2.05) is 6.92 Å². The first-order valence-electron chi connectivity index (χ1n) is 6.14. The summed E-state index contributed by atoms with van der Waals surface area (Å²) in [5.41, 5.74) is 6.14. The van der Waals surface area contributed by atoms with Gasteiger partial charge in [-0.2, -0.15) is 0 Å². The third-order valence-corrected chi connectivity index (χ3v) is 3.83. The number of benzene rings is 1. The number of phenols is 1. The Kier molecular flexibility index (Phi) is 4.64. The van der Waals surface area contributed by atoms with Gasteiger partial charge in [0.25, 0.3) is 5.91 Å². The lowest BCUT2D eigenvalue weighted by atomic mass is 10.1. The molecule has 1 aliphatic heterocycles. The minimum atomic E-state index is -0.176. The maximum absolute atomic E-state index is 12.4. The van der Waals surface area contributed by atoms with E-state index in [4.69, 9.17) is 10.5 Å². The molecule has 3 N–H and O–H groups in total. The number of hydrogen-bond acceptors (Lipinski definition) is 4. The molecule has 0 radical (unpaired) electrons. The summed E-state index contributed by atoms with van der Waals surface area (Å²) in [6.07, 6.45) is -0.150. The first-order chi connectivity index (χ1) is 8.99. The third-order valence-electron chi connectivity index (χ3n) is 3.16. The molecule has 1 heterocycles. The average Bonchev–Trinajstić information content (AvgIpc) is 2.41. The molecule has 1 aromatic rings. The summed E-state index contributed by atoms with van der Waals surface area (Å²) < 4.78 is 6.44. The van der Waals surface area contributed by atoms with Crippen LogP contribution in [0.4, 0.5) is 0 Å². The zero-order valence-corrected chi connectivity index (χ0v) is 12.8. The predicted molar refractivity (Wildman–Crippen MR) is 80.1 cm³/mol. The minimum absolute atomic E-state index is 0.00857. The number of aromatic hydroxyl groups is 1. The fourth-order valence-corrected chi connectivity index (χ4v) is 2.52. The molecule has 104 valence electrons. The van der Waals surface area contributed by atoms with Crippen molar-refractivity contribution in [1.29, 1.82) is 0 Å². The number of ether oxygens (including phenoxy) is 1. The van der Waals surface area contributed by atoms with Crippen molar-refractivity contribution in [3.05, 3.63) is 27.3 Å². The minimum Gasteiger partial charge on any atom is -0.507 e. The van der Waals surface area contributed by atoms with Crippen LogP contribution in [0.2, 0.25) is 0 Å². The van der Waals surface area contributed by atoms with Crippen LogP contribution in [0.5, 0.6) is 5.75 Å². The number of morpholine rings is 1. The second kappa shape index (κ2) is 6.06. The molecule has 0 spiro atoms. The molecule has 1 amide bonds. The Labute approximate surface area is 125 Å². The van der Waals surface area contributed by atoms with Gasteiger partial charge in [0, 0.05) is 22.7 Å². The van der Waals surface area contributed by atoms with Gasteiger partial charge in [-0.05, 0) is 47.7 Å². The summed E-state index contributed by atoms with van der Waals surface area (Å²) in [5.74, 6) is -0.167. The van der Waals surface area contributed by atoms with Gasteiger partial charge < -0.3 is 20.5 Å².